The topological polar surface area (TPSA) is 64.8 Å². The van der Waals surface area contributed by atoms with Crippen molar-refractivity contribution in [2.45, 2.75) is 12.5 Å². The number of methoxy groups -OCH3 is 1. The normalized spacial score (nSPS) is 18.9. The number of carbonyl (C=O) groups is 1. The number of carbonyl (C=O) groups excluding carboxylic acids is 1. The summed E-state index contributed by atoms with van der Waals surface area (Å²) in [6.07, 6.45) is 1.04. The summed E-state index contributed by atoms with van der Waals surface area (Å²) >= 11 is 0. The van der Waals surface area contributed by atoms with E-state index in [0.29, 0.717) is 18.0 Å². The van der Waals surface area contributed by atoms with E-state index in [2.05, 4.69) is 0 Å². The Labute approximate surface area is 106 Å². The van der Waals surface area contributed by atoms with Gasteiger partial charge in [-0.1, -0.05) is 6.07 Å². The molecule has 1 amide bonds. The Kier molecular flexibility index (Phi) is 4.04. The molecule has 1 aromatic rings. The number of nitrogens with two attached hydrogens (primary N) is 1. The van der Waals surface area contributed by atoms with Gasteiger partial charge in [0.15, 0.2) is 6.61 Å². The Morgan fingerprint density at radius 1 is 1.56 bits per heavy atom. The number of hydrogen-bond donors (Lipinski definition) is 1. The maximum atomic E-state index is 11.9. The summed E-state index contributed by atoms with van der Waals surface area (Å²) in [7, 11) is 1.67. The SMILES string of the molecule is COC1CCN(C(=O)COc2cccc(N)c2)C1. The zero-order valence-electron chi connectivity index (χ0n) is 10.5. The summed E-state index contributed by atoms with van der Waals surface area (Å²) in [6.45, 7) is 1.42. The lowest BCUT2D eigenvalue weighted by Crippen LogP contribution is -2.33. The fourth-order valence-corrected chi connectivity index (χ4v) is 1.99. The van der Waals surface area contributed by atoms with Crippen LogP contribution in [0.3, 0.4) is 0 Å². The van der Waals surface area contributed by atoms with E-state index < -0.39 is 0 Å². The first kappa shape index (κ1) is 12.7. The summed E-state index contributed by atoms with van der Waals surface area (Å²) in [5.41, 5.74) is 6.26. The van der Waals surface area contributed by atoms with Crippen molar-refractivity contribution in [2.75, 3.05) is 32.5 Å². The smallest absolute Gasteiger partial charge is 0.260 e. The molecule has 0 aromatic heterocycles. The third kappa shape index (κ3) is 3.13. The standard InChI is InChI=1S/C13H18N2O3/c1-17-12-5-6-15(8-12)13(16)9-18-11-4-2-3-10(14)7-11/h2-4,7,12H,5-6,8-9,14H2,1H3. The van der Waals surface area contributed by atoms with E-state index in [1.165, 1.54) is 0 Å². The molecule has 5 heteroatoms. The van der Waals surface area contributed by atoms with Crippen molar-refractivity contribution in [3.05, 3.63) is 24.3 Å². The molecular formula is C13H18N2O3. The molecule has 1 aromatic carbocycles. The average molecular weight is 250 g/mol. The molecule has 2 rings (SSSR count). The van der Waals surface area contributed by atoms with E-state index >= 15 is 0 Å². The zero-order valence-corrected chi connectivity index (χ0v) is 10.5. The minimum atomic E-state index is -0.0167. The number of ether oxygens (including phenoxy) is 2. The fourth-order valence-electron chi connectivity index (χ4n) is 1.99. The van der Waals surface area contributed by atoms with Gasteiger partial charge in [-0.15, -0.1) is 0 Å². The van der Waals surface area contributed by atoms with E-state index in [1.54, 1.807) is 36.3 Å². The zero-order chi connectivity index (χ0) is 13.0. The molecule has 98 valence electrons. The van der Waals surface area contributed by atoms with E-state index in [1.807, 2.05) is 0 Å². The minimum Gasteiger partial charge on any atom is -0.484 e. The molecular weight excluding hydrogens is 232 g/mol. The van der Waals surface area contributed by atoms with E-state index in [9.17, 15) is 4.79 Å². The average Bonchev–Trinajstić information content (AvgIpc) is 2.85. The molecule has 1 aliphatic rings. The molecule has 0 radical (unpaired) electrons. The van der Waals surface area contributed by atoms with Gasteiger partial charge in [0.25, 0.3) is 5.91 Å². The van der Waals surface area contributed by atoms with Crippen LogP contribution in [0.4, 0.5) is 5.69 Å². The molecule has 0 aliphatic carbocycles. The van der Waals surface area contributed by atoms with Gasteiger partial charge < -0.3 is 20.1 Å². The van der Waals surface area contributed by atoms with Crippen molar-refractivity contribution in [3.63, 3.8) is 0 Å². The Bertz CT molecular complexity index is 422. The van der Waals surface area contributed by atoms with Crippen molar-refractivity contribution >= 4 is 11.6 Å². The first-order valence-corrected chi connectivity index (χ1v) is 5.98. The fraction of sp³-hybridized carbons (Fsp3) is 0.462. The molecule has 0 saturated carbocycles. The lowest BCUT2D eigenvalue weighted by molar-refractivity contribution is -0.132. The Hall–Kier alpha value is -1.75. The van der Waals surface area contributed by atoms with E-state index in [0.717, 1.165) is 13.0 Å². The number of nitrogens with zero attached hydrogens (tertiary/aromatic N) is 1. The van der Waals surface area contributed by atoms with E-state index in [-0.39, 0.29) is 18.6 Å². The second-order valence-corrected chi connectivity index (χ2v) is 4.35. The van der Waals surface area contributed by atoms with Gasteiger partial charge in [-0.25, -0.2) is 0 Å². The van der Waals surface area contributed by atoms with Gasteiger partial charge in [-0.05, 0) is 18.6 Å². The molecule has 1 heterocycles. The summed E-state index contributed by atoms with van der Waals surface area (Å²) < 4.78 is 10.6. The summed E-state index contributed by atoms with van der Waals surface area (Å²) in [6, 6.07) is 7.06. The van der Waals surface area contributed by atoms with Crippen LogP contribution in [0.15, 0.2) is 24.3 Å². The molecule has 1 unspecified atom stereocenters. The van der Waals surface area contributed by atoms with Gasteiger partial charge in [0.05, 0.1) is 6.10 Å². The van der Waals surface area contributed by atoms with Crippen LogP contribution in [-0.4, -0.2) is 43.7 Å². The number of anilines is 1. The van der Waals surface area contributed by atoms with Gasteiger partial charge in [0, 0.05) is 32.0 Å². The first-order chi connectivity index (χ1) is 8.69. The summed E-state index contributed by atoms with van der Waals surface area (Å²) in [5, 5.41) is 0. The highest BCUT2D eigenvalue weighted by Crippen LogP contribution is 2.16. The number of nitrogen functional groups attached to an aromatic ring is 1. The van der Waals surface area contributed by atoms with Crippen molar-refractivity contribution < 1.29 is 14.3 Å². The lowest BCUT2D eigenvalue weighted by Gasteiger charge is -2.16. The first-order valence-electron chi connectivity index (χ1n) is 5.98. The van der Waals surface area contributed by atoms with Gasteiger partial charge in [-0.2, -0.15) is 0 Å². The second-order valence-electron chi connectivity index (χ2n) is 4.35. The van der Waals surface area contributed by atoms with Crippen LogP contribution in [0.2, 0.25) is 0 Å². The van der Waals surface area contributed by atoms with Crippen LogP contribution in [0.1, 0.15) is 6.42 Å². The van der Waals surface area contributed by atoms with E-state index in [4.69, 9.17) is 15.2 Å². The third-order valence-corrected chi connectivity index (χ3v) is 3.05. The van der Waals surface area contributed by atoms with Crippen LogP contribution >= 0.6 is 0 Å². The molecule has 1 atom stereocenters. The predicted molar refractivity (Wildman–Crippen MR) is 68.3 cm³/mol. The van der Waals surface area contributed by atoms with Gasteiger partial charge >= 0.3 is 0 Å². The second kappa shape index (κ2) is 5.73. The maximum absolute atomic E-state index is 11.9. The van der Waals surface area contributed by atoms with Gasteiger partial charge in [0.1, 0.15) is 5.75 Å². The molecule has 1 aliphatic heterocycles. The third-order valence-electron chi connectivity index (χ3n) is 3.05. The number of amides is 1. The van der Waals surface area contributed by atoms with Crippen molar-refractivity contribution in [2.24, 2.45) is 0 Å². The lowest BCUT2D eigenvalue weighted by atomic mass is 10.3. The predicted octanol–water partition coefficient (Wildman–Crippen LogP) is 0.895. The number of hydrogen-bond acceptors (Lipinski definition) is 4. The molecule has 0 spiro atoms. The summed E-state index contributed by atoms with van der Waals surface area (Å²) in [5.74, 6) is 0.600. The number of rotatable bonds is 4. The molecule has 1 fully saturated rings. The monoisotopic (exact) mass is 250 g/mol. The summed E-state index contributed by atoms with van der Waals surface area (Å²) in [4.78, 5) is 13.6. The molecule has 2 N–H and O–H groups in total. The minimum absolute atomic E-state index is 0.0167. The van der Waals surface area contributed by atoms with Crippen LogP contribution in [0.5, 0.6) is 5.75 Å². The number of benzene rings is 1. The Balaban J connectivity index is 1.82. The van der Waals surface area contributed by atoms with Crippen molar-refractivity contribution in [3.8, 4) is 5.75 Å². The van der Waals surface area contributed by atoms with Crippen LogP contribution in [-0.2, 0) is 9.53 Å². The van der Waals surface area contributed by atoms with Crippen LogP contribution in [0.25, 0.3) is 0 Å². The molecule has 1 saturated heterocycles. The number of likely N-dealkylation sites (tertiary alicyclic amines) is 1. The quantitative estimate of drug-likeness (QED) is 0.806. The highest BCUT2D eigenvalue weighted by Gasteiger charge is 2.25. The van der Waals surface area contributed by atoms with Crippen LogP contribution in [0, 0.1) is 0 Å². The Morgan fingerprint density at radius 2 is 2.39 bits per heavy atom. The van der Waals surface area contributed by atoms with Crippen molar-refractivity contribution in [1.29, 1.82) is 0 Å². The van der Waals surface area contributed by atoms with Gasteiger partial charge in [0.2, 0.25) is 0 Å². The Morgan fingerprint density at radius 3 is 3.06 bits per heavy atom. The molecule has 0 bridgehead atoms. The van der Waals surface area contributed by atoms with Crippen molar-refractivity contribution in [1.82, 2.24) is 4.90 Å². The maximum Gasteiger partial charge on any atom is 0.260 e. The highest BCUT2D eigenvalue weighted by atomic mass is 16.5. The largest absolute Gasteiger partial charge is 0.484 e. The molecule has 18 heavy (non-hydrogen) atoms. The molecule has 5 nitrogen and oxygen atoms in total. The van der Waals surface area contributed by atoms with Gasteiger partial charge in [-0.3, -0.25) is 4.79 Å². The van der Waals surface area contributed by atoms with Crippen LogP contribution < -0.4 is 10.5 Å². The highest BCUT2D eigenvalue weighted by molar-refractivity contribution is 5.78.